The van der Waals surface area contributed by atoms with Crippen LogP contribution in [0.1, 0.15) is 39.2 Å². The Morgan fingerprint density at radius 2 is 2.09 bits per heavy atom. The second kappa shape index (κ2) is 8.18. The fourth-order valence-corrected chi connectivity index (χ4v) is 3.54. The third-order valence-electron chi connectivity index (χ3n) is 4.06. The monoisotopic (exact) mass is 336 g/mol. The lowest BCUT2D eigenvalue weighted by atomic mass is 9.87. The van der Waals surface area contributed by atoms with E-state index >= 15 is 0 Å². The van der Waals surface area contributed by atoms with Gasteiger partial charge in [-0.05, 0) is 36.0 Å². The van der Waals surface area contributed by atoms with E-state index in [9.17, 15) is 4.79 Å². The molecular formula is C18H28N2O2S. The molecule has 3 N–H and O–H groups in total. The number of carbonyl (C=O) groups excluding carboxylic acids is 1. The van der Waals surface area contributed by atoms with Crippen molar-refractivity contribution in [1.82, 2.24) is 0 Å². The molecule has 1 atom stereocenters. The Kier molecular flexibility index (Phi) is 6.50. The normalized spacial score (nSPS) is 17.7. The van der Waals surface area contributed by atoms with Crippen LogP contribution in [0.15, 0.2) is 24.3 Å². The highest BCUT2D eigenvalue weighted by molar-refractivity contribution is 7.99. The van der Waals surface area contributed by atoms with E-state index in [1.807, 2.05) is 50.7 Å². The number of nitrogens with one attached hydrogen (secondary N) is 1. The Hall–Kier alpha value is -1.04. The molecule has 1 saturated heterocycles. The van der Waals surface area contributed by atoms with Gasteiger partial charge in [0, 0.05) is 29.9 Å². The van der Waals surface area contributed by atoms with Crippen molar-refractivity contribution in [3.05, 3.63) is 29.8 Å². The first-order chi connectivity index (χ1) is 10.9. The van der Waals surface area contributed by atoms with E-state index in [1.54, 1.807) is 0 Å². The first kappa shape index (κ1) is 18.3. The zero-order valence-electron chi connectivity index (χ0n) is 14.3. The maximum absolute atomic E-state index is 12.2. The maximum atomic E-state index is 12.2. The van der Waals surface area contributed by atoms with Crippen LogP contribution >= 0.6 is 11.8 Å². The molecule has 1 aliphatic heterocycles. The number of carbonyl (C=O) groups is 1. The van der Waals surface area contributed by atoms with Gasteiger partial charge in [0.25, 0.3) is 0 Å². The van der Waals surface area contributed by atoms with Crippen molar-refractivity contribution in [2.24, 2.45) is 11.1 Å². The Morgan fingerprint density at radius 3 is 2.74 bits per heavy atom. The molecular weight excluding hydrogens is 308 g/mol. The summed E-state index contributed by atoms with van der Waals surface area (Å²) >= 11 is 1.97. The van der Waals surface area contributed by atoms with Crippen molar-refractivity contribution in [1.29, 1.82) is 0 Å². The summed E-state index contributed by atoms with van der Waals surface area (Å²) in [4.78, 5) is 12.2. The smallest absolute Gasteiger partial charge is 0.241 e. The van der Waals surface area contributed by atoms with Crippen LogP contribution in [0.5, 0.6) is 0 Å². The fraction of sp³-hybridized carbons (Fsp3) is 0.611. The maximum Gasteiger partial charge on any atom is 0.241 e. The highest BCUT2D eigenvalue weighted by Gasteiger charge is 2.27. The molecule has 1 fully saturated rings. The van der Waals surface area contributed by atoms with Crippen LogP contribution in [0.25, 0.3) is 0 Å². The lowest BCUT2D eigenvalue weighted by Crippen LogP contribution is -2.45. The molecule has 0 unspecified atom stereocenters. The molecule has 5 heteroatoms. The van der Waals surface area contributed by atoms with Crippen LogP contribution in [0.2, 0.25) is 0 Å². The van der Waals surface area contributed by atoms with Gasteiger partial charge in [-0.25, -0.2) is 0 Å². The SMILES string of the molecule is CC(C)(C)[C@H](N)C(=O)Nc1cccc(CSC2CCOCC2)c1. The third kappa shape index (κ3) is 5.83. The molecule has 1 amide bonds. The summed E-state index contributed by atoms with van der Waals surface area (Å²) in [6.07, 6.45) is 2.25. The number of rotatable bonds is 5. The van der Waals surface area contributed by atoms with Gasteiger partial charge in [0.15, 0.2) is 0 Å². The minimum Gasteiger partial charge on any atom is -0.381 e. The van der Waals surface area contributed by atoms with E-state index in [2.05, 4.69) is 11.4 Å². The molecule has 1 aromatic rings. The van der Waals surface area contributed by atoms with Crippen LogP contribution in [-0.4, -0.2) is 30.4 Å². The van der Waals surface area contributed by atoms with Crippen molar-refractivity contribution < 1.29 is 9.53 Å². The number of benzene rings is 1. The van der Waals surface area contributed by atoms with Crippen LogP contribution < -0.4 is 11.1 Å². The molecule has 0 radical (unpaired) electrons. The number of hydrogen-bond donors (Lipinski definition) is 2. The fourth-order valence-electron chi connectivity index (χ4n) is 2.41. The standard InChI is InChI=1S/C18H28N2O2S/c1-18(2,3)16(19)17(21)20-14-6-4-5-13(11-14)12-23-15-7-9-22-10-8-15/h4-6,11,15-16H,7-10,12,19H2,1-3H3,(H,20,21)/t16-/m1/s1. The zero-order valence-corrected chi connectivity index (χ0v) is 15.1. The number of anilines is 1. The lowest BCUT2D eigenvalue weighted by Gasteiger charge is -2.26. The molecule has 0 bridgehead atoms. The van der Waals surface area contributed by atoms with E-state index in [0.717, 1.165) is 37.5 Å². The molecule has 1 heterocycles. The number of amides is 1. The Balaban J connectivity index is 1.90. The van der Waals surface area contributed by atoms with Crippen LogP contribution in [-0.2, 0) is 15.3 Å². The second-order valence-corrected chi connectivity index (χ2v) is 8.44. The molecule has 1 aromatic carbocycles. The molecule has 0 aliphatic carbocycles. The summed E-state index contributed by atoms with van der Waals surface area (Å²) in [5, 5.41) is 3.61. The van der Waals surface area contributed by atoms with Crippen molar-refractivity contribution in [3.8, 4) is 0 Å². The molecule has 23 heavy (non-hydrogen) atoms. The van der Waals surface area contributed by atoms with Gasteiger partial charge in [-0.3, -0.25) is 4.79 Å². The van der Waals surface area contributed by atoms with E-state index in [1.165, 1.54) is 5.56 Å². The molecule has 0 saturated carbocycles. The minimum absolute atomic E-state index is 0.133. The van der Waals surface area contributed by atoms with Crippen molar-refractivity contribution >= 4 is 23.4 Å². The predicted molar refractivity (Wildman–Crippen MR) is 97.6 cm³/mol. The number of ether oxygens (including phenoxy) is 1. The lowest BCUT2D eigenvalue weighted by molar-refractivity contribution is -0.119. The van der Waals surface area contributed by atoms with Gasteiger partial charge in [-0.2, -0.15) is 11.8 Å². The summed E-state index contributed by atoms with van der Waals surface area (Å²) in [6, 6.07) is 7.52. The number of hydrogen-bond acceptors (Lipinski definition) is 4. The van der Waals surface area contributed by atoms with Crippen LogP contribution in [0.3, 0.4) is 0 Å². The predicted octanol–water partition coefficient (Wildman–Crippen LogP) is 3.41. The Labute approximate surface area is 143 Å². The van der Waals surface area contributed by atoms with E-state index in [-0.39, 0.29) is 11.3 Å². The first-order valence-corrected chi connectivity index (χ1v) is 9.26. The molecule has 2 rings (SSSR count). The van der Waals surface area contributed by atoms with Crippen molar-refractivity contribution in [2.75, 3.05) is 18.5 Å². The van der Waals surface area contributed by atoms with E-state index < -0.39 is 6.04 Å². The van der Waals surface area contributed by atoms with Crippen molar-refractivity contribution in [2.45, 2.75) is 50.7 Å². The highest BCUT2D eigenvalue weighted by Crippen LogP contribution is 2.26. The summed E-state index contributed by atoms with van der Waals surface area (Å²) in [5.41, 5.74) is 7.80. The topological polar surface area (TPSA) is 64.4 Å². The van der Waals surface area contributed by atoms with Gasteiger partial charge in [0.1, 0.15) is 0 Å². The van der Waals surface area contributed by atoms with Gasteiger partial charge >= 0.3 is 0 Å². The summed E-state index contributed by atoms with van der Waals surface area (Å²) in [6.45, 7) is 7.66. The van der Waals surface area contributed by atoms with Crippen LogP contribution in [0.4, 0.5) is 5.69 Å². The summed E-state index contributed by atoms with van der Waals surface area (Å²) < 4.78 is 5.39. The van der Waals surface area contributed by atoms with Gasteiger partial charge in [-0.1, -0.05) is 32.9 Å². The van der Waals surface area contributed by atoms with Gasteiger partial charge in [-0.15, -0.1) is 0 Å². The van der Waals surface area contributed by atoms with Crippen LogP contribution in [0, 0.1) is 5.41 Å². The largest absolute Gasteiger partial charge is 0.381 e. The molecule has 128 valence electrons. The van der Waals surface area contributed by atoms with E-state index in [0.29, 0.717) is 5.25 Å². The molecule has 4 nitrogen and oxygen atoms in total. The quantitative estimate of drug-likeness (QED) is 0.865. The van der Waals surface area contributed by atoms with Gasteiger partial charge in [0.2, 0.25) is 5.91 Å². The average molecular weight is 337 g/mol. The molecule has 0 spiro atoms. The summed E-state index contributed by atoms with van der Waals surface area (Å²) in [5.74, 6) is 0.825. The molecule has 0 aromatic heterocycles. The number of nitrogens with two attached hydrogens (primary N) is 1. The van der Waals surface area contributed by atoms with Gasteiger partial charge < -0.3 is 15.8 Å². The molecule has 1 aliphatic rings. The third-order valence-corrected chi connectivity index (χ3v) is 5.51. The average Bonchev–Trinajstić information content (AvgIpc) is 2.52. The minimum atomic E-state index is -0.525. The Bertz CT molecular complexity index is 522. The van der Waals surface area contributed by atoms with E-state index in [4.69, 9.17) is 10.5 Å². The van der Waals surface area contributed by atoms with Gasteiger partial charge in [0.05, 0.1) is 6.04 Å². The summed E-state index contributed by atoms with van der Waals surface area (Å²) in [7, 11) is 0. The number of thioether (sulfide) groups is 1. The first-order valence-electron chi connectivity index (χ1n) is 8.21. The highest BCUT2D eigenvalue weighted by atomic mass is 32.2. The second-order valence-electron chi connectivity index (χ2n) is 7.16. The van der Waals surface area contributed by atoms with Crippen molar-refractivity contribution in [3.63, 3.8) is 0 Å². The Morgan fingerprint density at radius 1 is 1.39 bits per heavy atom. The zero-order chi connectivity index (χ0) is 16.9.